The number of phenols is 1. The van der Waals surface area contributed by atoms with Gasteiger partial charge in [-0.05, 0) is 31.0 Å². The van der Waals surface area contributed by atoms with Crippen molar-refractivity contribution in [3.63, 3.8) is 0 Å². The number of carbonyl (C=O) groups excluding carboxylic acids is 6. The fourth-order valence-corrected chi connectivity index (χ4v) is 7.47. The molecule has 0 aliphatic carbocycles. The van der Waals surface area contributed by atoms with Crippen molar-refractivity contribution >= 4 is 47.8 Å². The number of hydrogen-bond acceptors (Lipinski definition) is 20. The van der Waals surface area contributed by atoms with E-state index in [-0.39, 0.29) is 24.4 Å². The quantitative estimate of drug-likeness (QED) is 0.0341. The van der Waals surface area contributed by atoms with Crippen molar-refractivity contribution in [2.45, 2.75) is 106 Å². The molecule has 3 aliphatic heterocycles. The molecule has 0 aromatic heterocycles. The number of nitrogens with one attached hydrogen (secondary N) is 4. The Labute approximate surface area is 357 Å². The first-order valence-electron chi connectivity index (χ1n) is 19.0. The molecule has 3 saturated heterocycles. The Balaban J connectivity index is 1.83. The summed E-state index contributed by atoms with van der Waals surface area (Å²) >= 11 is 0.000537. The van der Waals surface area contributed by atoms with Gasteiger partial charge in [-0.1, -0.05) is 22.4 Å². The average Bonchev–Trinajstić information content (AvgIpc) is 3.77. The summed E-state index contributed by atoms with van der Waals surface area (Å²) in [4.78, 5) is 87.9. The van der Waals surface area contributed by atoms with Crippen molar-refractivity contribution in [3.05, 3.63) is 35.2 Å². The Morgan fingerprint density at radius 1 is 0.887 bits per heavy atom. The van der Waals surface area contributed by atoms with Gasteiger partial charge in [0, 0.05) is 32.0 Å². The number of β-amino-alcohol motifs (C(OH)–C–C–N with tert-alkyl or cyclic N) is 1. The summed E-state index contributed by atoms with van der Waals surface area (Å²) in [7, 11) is 0. The predicted octanol–water partition coefficient (Wildman–Crippen LogP) is -6.36. The number of aliphatic hydroxyl groups is 7. The van der Waals surface area contributed by atoms with Gasteiger partial charge in [0.15, 0.2) is 17.6 Å². The van der Waals surface area contributed by atoms with Crippen LogP contribution in [0.2, 0.25) is 0 Å². The number of aliphatic hydroxyl groups excluding tert-OH is 7. The van der Waals surface area contributed by atoms with E-state index in [0.29, 0.717) is 0 Å². The molecule has 344 valence electrons. The Morgan fingerprint density at radius 2 is 1.53 bits per heavy atom. The van der Waals surface area contributed by atoms with Crippen molar-refractivity contribution < 1.29 is 88.4 Å². The van der Waals surface area contributed by atoms with Crippen molar-refractivity contribution in [1.82, 2.24) is 31.1 Å². The molecule has 7 unspecified atom stereocenters. The minimum absolute atomic E-state index is 0.000537. The van der Waals surface area contributed by atoms with Crippen LogP contribution in [0, 0.1) is 12.5 Å². The average molecular weight is 903 g/mol. The second-order valence-electron chi connectivity index (χ2n) is 15.1. The third-order valence-corrected chi connectivity index (χ3v) is 10.9. The summed E-state index contributed by atoms with van der Waals surface area (Å²) in [5.41, 5.74) is 5.69. The minimum Gasteiger partial charge on any atom is -0.504 e. The molecule has 0 bridgehead atoms. The van der Waals surface area contributed by atoms with Crippen molar-refractivity contribution in [2.75, 3.05) is 26.2 Å². The van der Waals surface area contributed by atoms with E-state index in [4.69, 9.17) is 21.7 Å². The molecule has 3 heterocycles. The highest BCUT2D eigenvalue weighted by atomic mass is 32.2. The van der Waals surface area contributed by atoms with Gasteiger partial charge in [-0.2, -0.15) is 0 Å². The van der Waals surface area contributed by atoms with E-state index in [1.807, 2.05) is 0 Å². The van der Waals surface area contributed by atoms with Crippen LogP contribution < -0.4 is 31.2 Å². The molecule has 1 aromatic rings. The first-order valence-corrected chi connectivity index (χ1v) is 19.7. The number of amides is 6. The summed E-state index contributed by atoms with van der Waals surface area (Å²) in [5, 5.41) is 108. The molecular weight excluding hydrogens is 852 g/mol. The van der Waals surface area contributed by atoms with Crippen LogP contribution in [-0.2, 0) is 38.1 Å². The molecule has 0 radical (unpaired) electrons. The zero-order valence-electron chi connectivity index (χ0n) is 33.1. The highest BCUT2D eigenvalue weighted by molar-refractivity contribution is 7.90. The van der Waals surface area contributed by atoms with Crippen LogP contribution in [0.1, 0.15) is 38.4 Å². The molecule has 1 aromatic carbocycles. The Hall–Kier alpha value is -4.96. The van der Waals surface area contributed by atoms with Crippen LogP contribution in [0.15, 0.2) is 18.2 Å². The van der Waals surface area contributed by atoms with Gasteiger partial charge in [-0.25, -0.2) is 11.8 Å². The lowest BCUT2D eigenvalue weighted by atomic mass is 9.96. The van der Waals surface area contributed by atoms with Gasteiger partial charge in [0.25, 0.3) is 12.3 Å². The number of nitrogens with two attached hydrogens (primary N) is 1. The maximum Gasteiger partial charge on any atom is 0.261 e. The fourth-order valence-electron chi connectivity index (χ4n) is 7.21. The van der Waals surface area contributed by atoms with Crippen molar-refractivity contribution in [1.29, 1.82) is 0 Å². The van der Waals surface area contributed by atoms with Crippen LogP contribution in [0.4, 0.5) is 0 Å². The van der Waals surface area contributed by atoms with E-state index >= 15 is 0 Å². The molecule has 26 nitrogen and oxygen atoms in total. The van der Waals surface area contributed by atoms with Gasteiger partial charge >= 0.3 is 0 Å². The summed E-state index contributed by atoms with van der Waals surface area (Å²) in [6.07, 6.45) is -13.8. The summed E-state index contributed by atoms with van der Waals surface area (Å²) < 4.78 is 9.10. The molecule has 0 saturated carbocycles. The van der Waals surface area contributed by atoms with Gasteiger partial charge in [-0.15, -0.1) is 0 Å². The zero-order chi connectivity index (χ0) is 46.2. The largest absolute Gasteiger partial charge is 0.504 e. The number of carbonyl (C=O) groups is 6. The topological polar surface area (TPSA) is 397 Å². The SMILES string of the molecule is [C-]#[N+]C[C@@H](O)[C@@H]1NC(=O)C([C@H](O)[C@@H](O)c2ccc(O)c(OSOOO)c2)NC(=O)C2CC(O)CN2C(=O)C(C(C)O)NC(=O)[C@@H](N)C[C@H](O)CNC(=O)C2[C@@H](O)C(C)CN2C1=O. The van der Waals surface area contributed by atoms with Gasteiger partial charge in [0.1, 0.15) is 42.4 Å². The molecule has 6 amide bonds. The number of hydrogen-bond donors (Lipinski definition) is 14. The molecule has 0 spiro atoms. The van der Waals surface area contributed by atoms with Gasteiger partial charge in [-0.3, -0.25) is 28.8 Å². The number of phenolic OH excluding ortho intramolecular Hbond substituents is 1. The van der Waals surface area contributed by atoms with E-state index in [9.17, 15) is 69.6 Å². The number of benzene rings is 1. The lowest BCUT2D eigenvalue weighted by molar-refractivity contribution is -0.433. The molecular formula is C35H50N8O18S. The Bertz CT molecular complexity index is 1840. The van der Waals surface area contributed by atoms with E-state index in [1.165, 1.54) is 6.92 Å². The first-order chi connectivity index (χ1) is 29.2. The van der Waals surface area contributed by atoms with E-state index < -0.39 is 164 Å². The molecule has 27 heteroatoms. The maximum atomic E-state index is 14.3. The van der Waals surface area contributed by atoms with E-state index in [1.54, 1.807) is 0 Å². The van der Waals surface area contributed by atoms with Crippen LogP contribution in [0.3, 0.4) is 0 Å². The van der Waals surface area contributed by atoms with Crippen LogP contribution in [-0.4, -0.2) is 190 Å². The predicted molar refractivity (Wildman–Crippen MR) is 205 cm³/mol. The van der Waals surface area contributed by atoms with Gasteiger partial charge in [0.2, 0.25) is 42.0 Å². The maximum absolute atomic E-state index is 14.3. The highest BCUT2D eigenvalue weighted by Crippen LogP contribution is 2.34. The Kier molecular flexibility index (Phi) is 17.6. The number of aromatic hydroxyl groups is 1. The second-order valence-corrected chi connectivity index (χ2v) is 15.5. The Morgan fingerprint density at radius 3 is 2.18 bits per heavy atom. The number of nitrogens with zero attached hydrogens (tertiary/aromatic N) is 3. The van der Waals surface area contributed by atoms with Crippen LogP contribution >= 0.6 is 12.3 Å². The van der Waals surface area contributed by atoms with Gasteiger partial charge in [0.05, 0.1) is 30.5 Å². The zero-order valence-corrected chi connectivity index (χ0v) is 33.9. The second kappa shape index (κ2) is 21.9. The lowest BCUT2D eigenvalue weighted by Gasteiger charge is -2.34. The van der Waals surface area contributed by atoms with Gasteiger partial charge < -0.3 is 86.7 Å². The summed E-state index contributed by atoms with van der Waals surface area (Å²) in [5.74, 6) is -9.02. The van der Waals surface area contributed by atoms with Crippen LogP contribution in [0.25, 0.3) is 4.85 Å². The molecule has 62 heavy (non-hydrogen) atoms. The third-order valence-electron chi connectivity index (χ3n) is 10.5. The smallest absolute Gasteiger partial charge is 0.261 e. The van der Waals surface area contributed by atoms with Crippen LogP contribution in [0.5, 0.6) is 11.5 Å². The lowest BCUT2D eigenvalue weighted by Crippen LogP contribution is -2.64. The molecule has 3 aliphatic rings. The standard InChI is InChI=1S/C35H50N8O18S/c1-13-11-43-26(27(13)49)33(55)38-9-16(45)7-18(36)30(52)39-23(14(2)44)34(56)42-12-17(46)8-19(42)31(53)41-25(32(54)40-24(35(43)57)21(48)10-37-3)29(51)28(50)15-4-5-20(47)22(6-15)59-62-61-60-58/h4-6,13-14,16-19,21,23-29,44-51,58H,7-12,36H2,1-2H3,(H,38,55)(H,39,52)(H,40,54)(H,41,53)/t13?,14?,16-,17?,18-,19?,21+,23?,24-,25?,26?,27-,28-,29-/m0/s1. The molecule has 4 rings (SSSR count). The summed E-state index contributed by atoms with van der Waals surface area (Å²) in [6, 6.07) is -8.32. The summed E-state index contributed by atoms with van der Waals surface area (Å²) in [6.45, 7) is 7.58. The molecule has 3 fully saturated rings. The monoisotopic (exact) mass is 902 g/mol. The molecule has 15 N–H and O–H groups in total. The molecule has 14 atom stereocenters. The fraction of sp³-hybridized carbons (Fsp3) is 0.629. The number of fused-ring (bicyclic) bond motifs is 2. The van der Waals surface area contributed by atoms with Crippen molar-refractivity contribution in [2.24, 2.45) is 11.7 Å². The minimum atomic E-state index is -2.43. The normalized spacial score (nSPS) is 31.5. The highest BCUT2D eigenvalue weighted by Gasteiger charge is 2.50. The van der Waals surface area contributed by atoms with Crippen molar-refractivity contribution in [3.8, 4) is 11.5 Å². The van der Waals surface area contributed by atoms with E-state index in [0.717, 1.165) is 34.9 Å². The third kappa shape index (κ3) is 11.7. The van der Waals surface area contributed by atoms with E-state index in [2.05, 4.69) is 35.5 Å². The number of rotatable bonds is 10. The first kappa shape index (κ1) is 49.7.